The highest BCUT2D eigenvalue weighted by molar-refractivity contribution is 7.92. The molecule has 0 bridgehead atoms. The molecule has 3 rings (SSSR count). The van der Waals surface area contributed by atoms with Crippen LogP contribution >= 0.6 is 11.6 Å². The van der Waals surface area contributed by atoms with Crippen LogP contribution in [-0.2, 0) is 10.0 Å². The second kappa shape index (κ2) is 8.04. The van der Waals surface area contributed by atoms with Crippen molar-refractivity contribution >= 4 is 44.6 Å². The number of anilines is 4. The fraction of sp³-hybridized carbons (Fsp3) is 0.158. The Bertz CT molecular complexity index is 1090. The van der Waals surface area contributed by atoms with Crippen LogP contribution in [0.3, 0.4) is 0 Å². The van der Waals surface area contributed by atoms with Crippen LogP contribution in [0.4, 0.5) is 23.0 Å². The Morgan fingerprint density at radius 1 is 0.964 bits per heavy atom. The number of hydrogen-bond acceptors (Lipinski definition) is 6. The lowest BCUT2D eigenvalue weighted by Gasteiger charge is -2.14. The van der Waals surface area contributed by atoms with Gasteiger partial charge < -0.3 is 10.2 Å². The zero-order chi connectivity index (χ0) is 20.3. The van der Waals surface area contributed by atoms with E-state index in [4.69, 9.17) is 11.6 Å². The smallest absolute Gasteiger partial charge is 0.261 e. The van der Waals surface area contributed by atoms with Crippen molar-refractivity contribution in [2.45, 2.75) is 11.8 Å². The highest BCUT2D eigenvalue weighted by atomic mass is 35.5. The highest BCUT2D eigenvalue weighted by Gasteiger charge is 2.14. The Balaban J connectivity index is 1.75. The third kappa shape index (κ3) is 4.90. The van der Waals surface area contributed by atoms with Gasteiger partial charge in [0.05, 0.1) is 4.90 Å². The van der Waals surface area contributed by atoms with Crippen LogP contribution in [0, 0.1) is 6.92 Å². The molecule has 28 heavy (non-hydrogen) atoms. The Hall–Kier alpha value is -2.84. The predicted molar refractivity (Wildman–Crippen MR) is 113 cm³/mol. The van der Waals surface area contributed by atoms with E-state index >= 15 is 0 Å². The topological polar surface area (TPSA) is 87.2 Å². The van der Waals surface area contributed by atoms with E-state index in [-0.39, 0.29) is 4.90 Å². The average molecular weight is 418 g/mol. The fourth-order valence-electron chi connectivity index (χ4n) is 2.46. The number of aryl methyl sites for hydroxylation is 1. The molecule has 0 saturated heterocycles. The minimum absolute atomic E-state index is 0.106. The first-order valence-electron chi connectivity index (χ1n) is 8.41. The van der Waals surface area contributed by atoms with Crippen molar-refractivity contribution in [3.8, 4) is 0 Å². The molecule has 0 aliphatic carbocycles. The summed E-state index contributed by atoms with van der Waals surface area (Å²) in [7, 11) is 0.109. The Labute approximate surface area is 169 Å². The monoisotopic (exact) mass is 417 g/mol. The summed E-state index contributed by atoms with van der Waals surface area (Å²) in [6.45, 7) is 1.83. The molecular formula is C19H20ClN5O2S. The molecule has 2 aromatic carbocycles. The van der Waals surface area contributed by atoms with Gasteiger partial charge in [0.2, 0.25) is 0 Å². The number of nitrogens with zero attached hydrogens (tertiary/aromatic N) is 3. The molecule has 1 heterocycles. The van der Waals surface area contributed by atoms with Crippen molar-refractivity contribution in [2.75, 3.05) is 29.0 Å². The Morgan fingerprint density at radius 3 is 2.29 bits per heavy atom. The molecule has 7 nitrogen and oxygen atoms in total. The molecule has 1 aromatic heterocycles. The van der Waals surface area contributed by atoms with Gasteiger partial charge in [0.1, 0.15) is 17.5 Å². The van der Waals surface area contributed by atoms with Crippen molar-refractivity contribution in [2.24, 2.45) is 0 Å². The van der Waals surface area contributed by atoms with Crippen LogP contribution in [0.2, 0.25) is 5.02 Å². The lowest BCUT2D eigenvalue weighted by Crippen LogP contribution is -2.13. The van der Waals surface area contributed by atoms with E-state index in [9.17, 15) is 8.42 Å². The number of rotatable bonds is 6. The lowest BCUT2D eigenvalue weighted by atomic mass is 10.3. The normalized spacial score (nSPS) is 11.1. The van der Waals surface area contributed by atoms with E-state index in [0.29, 0.717) is 22.4 Å². The molecular weight excluding hydrogens is 398 g/mol. The summed E-state index contributed by atoms with van der Waals surface area (Å²) in [5, 5.41) is 3.56. The maximum atomic E-state index is 12.5. The molecule has 0 atom stereocenters. The lowest BCUT2D eigenvalue weighted by molar-refractivity contribution is 0.601. The minimum atomic E-state index is -3.71. The van der Waals surface area contributed by atoms with Crippen molar-refractivity contribution in [3.05, 3.63) is 65.4 Å². The molecule has 0 amide bonds. The maximum absolute atomic E-state index is 12.5. The van der Waals surface area contributed by atoms with Gasteiger partial charge in [-0.1, -0.05) is 17.7 Å². The van der Waals surface area contributed by atoms with Crippen molar-refractivity contribution in [1.29, 1.82) is 0 Å². The number of sulfonamides is 1. The largest absolute Gasteiger partial charge is 0.363 e. The second-order valence-corrected chi connectivity index (χ2v) is 8.44. The summed E-state index contributed by atoms with van der Waals surface area (Å²) in [5.74, 6) is 2.10. The van der Waals surface area contributed by atoms with Gasteiger partial charge in [0.15, 0.2) is 0 Å². The molecule has 146 valence electrons. The summed E-state index contributed by atoms with van der Waals surface area (Å²) in [6.07, 6.45) is 0. The van der Waals surface area contributed by atoms with Crippen molar-refractivity contribution < 1.29 is 8.42 Å². The zero-order valence-electron chi connectivity index (χ0n) is 15.6. The van der Waals surface area contributed by atoms with E-state index in [1.54, 1.807) is 36.4 Å². The zero-order valence-corrected chi connectivity index (χ0v) is 17.2. The molecule has 0 spiro atoms. The van der Waals surface area contributed by atoms with Gasteiger partial charge in [-0.05, 0) is 49.4 Å². The van der Waals surface area contributed by atoms with Crippen LogP contribution in [-0.4, -0.2) is 32.5 Å². The van der Waals surface area contributed by atoms with E-state index in [1.807, 2.05) is 32.0 Å². The van der Waals surface area contributed by atoms with E-state index in [2.05, 4.69) is 20.0 Å². The molecule has 0 fully saturated rings. The SMILES string of the molecule is Cc1nc(Nc2ccc(NS(=O)(=O)c3cccc(Cl)c3)cc2)cc(N(C)C)n1. The van der Waals surface area contributed by atoms with Crippen LogP contribution in [0.15, 0.2) is 59.5 Å². The molecule has 0 aliphatic heterocycles. The molecule has 0 saturated carbocycles. The summed E-state index contributed by atoms with van der Waals surface area (Å²) in [5.41, 5.74) is 1.21. The number of benzene rings is 2. The second-order valence-electron chi connectivity index (χ2n) is 6.32. The van der Waals surface area contributed by atoms with Crippen LogP contribution in [0.25, 0.3) is 0 Å². The van der Waals surface area contributed by atoms with Crippen LogP contribution in [0.1, 0.15) is 5.82 Å². The van der Waals surface area contributed by atoms with Gasteiger partial charge in [0.25, 0.3) is 10.0 Å². The van der Waals surface area contributed by atoms with Gasteiger partial charge in [-0.3, -0.25) is 4.72 Å². The summed E-state index contributed by atoms with van der Waals surface area (Å²) in [4.78, 5) is 10.7. The van der Waals surface area contributed by atoms with Crippen LogP contribution in [0.5, 0.6) is 0 Å². The van der Waals surface area contributed by atoms with E-state index < -0.39 is 10.0 Å². The first-order valence-corrected chi connectivity index (χ1v) is 10.3. The van der Waals surface area contributed by atoms with Gasteiger partial charge >= 0.3 is 0 Å². The van der Waals surface area contributed by atoms with Gasteiger partial charge in [-0.2, -0.15) is 0 Å². The molecule has 0 unspecified atom stereocenters. The predicted octanol–water partition coefficient (Wildman–Crippen LogP) is 4.05. The summed E-state index contributed by atoms with van der Waals surface area (Å²) < 4.78 is 27.5. The van der Waals surface area contributed by atoms with Crippen molar-refractivity contribution in [1.82, 2.24) is 9.97 Å². The first-order chi connectivity index (χ1) is 13.2. The Morgan fingerprint density at radius 2 is 1.64 bits per heavy atom. The molecule has 0 radical (unpaired) electrons. The van der Waals surface area contributed by atoms with E-state index in [1.165, 1.54) is 12.1 Å². The van der Waals surface area contributed by atoms with E-state index in [0.717, 1.165) is 11.5 Å². The van der Waals surface area contributed by atoms with Gasteiger partial charge in [-0.15, -0.1) is 0 Å². The minimum Gasteiger partial charge on any atom is -0.363 e. The number of aromatic nitrogens is 2. The number of hydrogen-bond donors (Lipinski definition) is 2. The molecule has 3 aromatic rings. The molecule has 9 heteroatoms. The number of halogens is 1. The third-order valence-electron chi connectivity index (χ3n) is 3.80. The molecule has 0 aliphatic rings. The third-order valence-corrected chi connectivity index (χ3v) is 5.41. The highest BCUT2D eigenvalue weighted by Crippen LogP contribution is 2.23. The van der Waals surface area contributed by atoms with Gasteiger partial charge in [0, 0.05) is 36.6 Å². The first kappa shape index (κ1) is 19.9. The van der Waals surface area contributed by atoms with Crippen LogP contribution < -0.4 is 14.9 Å². The Kier molecular flexibility index (Phi) is 5.71. The fourth-order valence-corrected chi connectivity index (χ4v) is 3.82. The summed E-state index contributed by atoms with van der Waals surface area (Å²) in [6, 6.07) is 14.8. The number of nitrogens with one attached hydrogen (secondary N) is 2. The quantitative estimate of drug-likeness (QED) is 0.629. The average Bonchev–Trinajstić information content (AvgIpc) is 2.62. The standard InChI is InChI=1S/C19H20ClN5O2S/c1-13-21-18(12-19(22-13)25(2)3)23-15-7-9-16(10-8-15)24-28(26,27)17-6-4-5-14(20)11-17/h4-12,24H,1-3H3,(H,21,22,23). The maximum Gasteiger partial charge on any atom is 0.261 e. The molecule has 2 N–H and O–H groups in total. The van der Waals surface area contributed by atoms with Gasteiger partial charge in [-0.25, -0.2) is 18.4 Å². The van der Waals surface area contributed by atoms with Crippen molar-refractivity contribution in [3.63, 3.8) is 0 Å². The summed E-state index contributed by atoms with van der Waals surface area (Å²) >= 11 is 5.88.